The molecule has 0 fully saturated rings. The third-order valence-electron chi connectivity index (χ3n) is 2.14. The average molecular weight is 245 g/mol. The fraction of sp³-hybridized carbons (Fsp3) is 0.400. The predicted molar refractivity (Wildman–Crippen MR) is 63.3 cm³/mol. The standard InChI is InChI=1S/C10H16N2.BrH/c1-3-8-6-5-7-9(4-2)10(8)12-11;/h5-7,12H,3-4,11H2,1-2H3;1H. The first-order valence-electron chi connectivity index (χ1n) is 4.40. The zero-order valence-electron chi connectivity index (χ0n) is 8.13. The Morgan fingerprint density at radius 1 is 1.15 bits per heavy atom. The number of benzene rings is 1. The van der Waals surface area contributed by atoms with Crippen molar-refractivity contribution >= 4 is 22.7 Å². The molecule has 2 nitrogen and oxygen atoms in total. The summed E-state index contributed by atoms with van der Waals surface area (Å²) in [5, 5.41) is 0. The van der Waals surface area contributed by atoms with E-state index < -0.39 is 0 Å². The summed E-state index contributed by atoms with van der Waals surface area (Å²) < 4.78 is 0. The van der Waals surface area contributed by atoms with Gasteiger partial charge in [0, 0.05) is 0 Å². The predicted octanol–water partition coefficient (Wildman–Crippen LogP) is 2.67. The molecular weight excluding hydrogens is 228 g/mol. The van der Waals surface area contributed by atoms with E-state index in [1.54, 1.807) is 0 Å². The van der Waals surface area contributed by atoms with Crippen molar-refractivity contribution in [1.29, 1.82) is 0 Å². The third-order valence-corrected chi connectivity index (χ3v) is 2.14. The fourth-order valence-corrected chi connectivity index (χ4v) is 1.43. The summed E-state index contributed by atoms with van der Waals surface area (Å²) in [7, 11) is 0. The van der Waals surface area contributed by atoms with Crippen LogP contribution in [-0.4, -0.2) is 0 Å². The lowest BCUT2D eigenvalue weighted by Gasteiger charge is -2.11. The molecule has 3 N–H and O–H groups in total. The Balaban J connectivity index is 0.00000144. The Morgan fingerprint density at radius 2 is 1.62 bits per heavy atom. The quantitative estimate of drug-likeness (QED) is 0.634. The van der Waals surface area contributed by atoms with Crippen LogP contribution in [0, 0.1) is 0 Å². The summed E-state index contributed by atoms with van der Waals surface area (Å²) in [5.74, 6) is 5.45. The number of anilines is 1. The van der Waals surface area contributed by atoms with E-state index in [2.05, 4.69) is 37.5 Å². The molecule has 0 bridgehead atoms. The van der Waals surface area contributed by atoms with Crippen molar-refractivity contribution < 1.29 is 0 Å². The van der Waals surface area contributed by atoms with Crippen LogP contribution < -0.4 is 11.3 Å². The highest BCUT2D eigenvalue weighted by molar-refractivity contribution is 8.93. The minimum absolute atomic E-state index is 0. The summed E-state index contributed by atoms with van der Waals surface area (Å²) >= 11 is 0. The van der Waals surface area contributed by atoms with Gasteiger partial charge in [0.25, 0.3) is 0 Å². The number of para-hydroxylation sites is 1. The molecule has 0 aliphatic carbocycles. The van der Waals surface area contributed by atoms with Crippen LogP contribution in [0.2, 0.25) is 0 Å². The van der Waals surface area contributed by atoms with Gasteiger partial charge in [0.1, 0.15) is 0 Å². The van der Waals surface area contributed by atoms with Crippen molar-refractivity contribution in [3.8, 4) is 0 Å². The molecule has 0 unspecified atom stereocenters. The van der Waals surface area contributed by atoms with Gasteiger partial charge < -0.3 is 5.43 Å². The molecule has 0 amide bonds. The number of hydrogen-bond donors (Lipinski definition) is 2. The second-order valence-electron chi connectivity index (χ2n) is 2.80. The molecule has 1 aromatic carbocycles. The molecule has 0 atom stereocenters. The third kappa shape index (κ3) is 2.71. The minimum atomic E-state index is 0. The molecule has 3 heteroatoms. The van der Waals surface area contributed by atoms with Crippen molar-refractivity contribution in [2.45, 2.75) is 26.7 Å². The summed E-state index contributed by atoms with van der Waals surface area (Å²) in [5.41, 5.74) is 6.44. The SMILES string of the molecule is Br.CCc1cccc(CC)c1NN. The first-order valence-corrected chi connectivity index (χ1v) is 4.40. The Kier molecular flexibility index (Phi) is 5.75. The molecule has 1 aromatic rings. The smallest absolute Gasteiger partial charge is 0.0548 e. The number of hydrazine groups is 1. The lowest BCUT2D eigenvalue weighted by molar-refractivity contribution is 1.07. The number of halogens is 1. The molecule has 0 heterocycles. The fourth-order valence-electron chi connectivity index (χ4n) is 1.43. The van der Waals surface area contributed by atoms with Gasteiger partial charge >= 0.3 is 0 Å². The van der Waals surface area contributed by atoms with Gasteiger partial charge in [0.05, 0.1) is 5.69 Å². The van der Waals surface area contributed by atoms with Crippen LogP contribution in [0.4, 0.5) is 5.69 Å². The van der Waals surface area contributed by atoms with E-state index in [1.165, 1.54) is 11.1 Å². The number of rotatable bonds is 3. The van der Waals surface area contributed by atoms with Crippen LogP contribution >= 0.6 is 17.0 Å². The molecule has 0 saturated carbocycles. The first kappa shape index (κ1) is 12.5. The number of nitrogens with two attached hydrogens (primary N) is 1. The van der Waals surface area contributed by atoms with Crippen LogP contribution in [0.25, 0.3) is 0 Å². The van der Waals surface area contributed by atoms with Gasteiger partial charge in [-0.1, -0.05) is 32.0 Å². The van der Waals surface area contributed by atoms with Crippen molar-refractivity contribution in [3.05, 3.63) is 29.3 Å². The van der Waals surface area contributed by atoms with Gasteiger partial charge in [-0.3, -0.25) is 5.84 Å². The van der Waals surface area contributed by atoms with Crippen molar-refractivity contribution in [2.75, 3.05) is 5.43 Å². The zero-order chi connectivity index (χ0) is 8.97. The summed E-state index contributed by atoms with van der Waals surface area (Å²) in [6, 6.07) is 6.29. The maximum absolute atomic E-state index is 5.45. The van der Waals surface area contributed by atoms with Crippen LogP contribution in [-0.2, 0) is 12.8 Å². The van der Waals surface area contributed by atoms with E-state index in [1.807, 2.05) is 0 Å². The van der Waals surface area contributed by atoms with Crippen LogP contribution in [0.1, 0.15) is 25.0 Å². The van der Waals surface area contributed by atoms with E-state index in [-0.39, 0.29) is 17.0 Å². The van der Waals surface area contributed by atoms with Crippen LogP contribution in [0.5, 0.6) is 0 Å². The molecule has 0 aliphatic rings. The van der Waals surface area contributed by atoms with Gasteiger partial charge in [-0.2, -0.15) is 0 Å². The summed E-state index contributed by atoms with van der Waals surface area (Å²) in [4.78, 5) is 0. The van der Waals surface area contributed by atoms with Gasteiger partial charge in [-0.05, 0) is 24.0 Å². The molecule has 1 rings (SSSR count). The van der Waals surface area contributed by atoms with Crippen molar-refractivity contribution in [1.82, 2.24) is 0 Å². The number of hydrogen-bond acceptors (Lipinski definition) is 2. The molecule has 0 aromatic heterocycles. The van der Waals surface area contributed by atoms with Gasteiger partial charge in [-0.15, -0.1) is 17.0 Å². The molecule has 0 saturated heterocycles. The zero-order valence-corrected chi connectivity index (χ0v) is 9.84. The van der Waals surface area contributed by atoms with Crippen molar-refractivity contribution in [2.24, 2.45) is 5.84 Å². The Labute approximate surface area is 90.3 Å². The first-order chi connectivity index (χ1) is 5.83. The minimum Gasteiger partial charge on any atom is -0.324 e. The Hall–Kier alpha value is -0.540. The number of nitrogens with one attached hydrogen (secondary N) is 1. The van der Waals surface area contributed by atoms with Gasteiger partial charge in [0.15, 0.2) is 0 Å². The topological polar surface area (TPSA) is 38.0 Å². The second kappa shape index (κ2) is 6.00. The Morgan fingerprint density at radius 3 is 1.92 bits per heavy atom. The molecule has 0 spiro atoms. The Bertz CT molecular complexity index is 239. The second-order valence-corrected chi connectivity index (χ2v) is 2.80. The molecular formula is C10H17BrN2. The highest BCUT2D eigenvalue weighted by atomic mass is 79.9. The summed E-state index contributed by atoms with van der Waals surface area (Å²) in [6.07, 6.45) is 2.04. The summed E-state index contributed by atoms with van der Waals surface area (Å²) in [6.45, 7) is 4.27. The average Bonchev–Trinajstić information content (AvgIpc) is 2.16. The highest BCUT2D eigenvalue weighted by Gasteiger charge is 2.02. The largest absolute Gasteiger partial charge is 0.324 e. The van der Waals surface area contributed by atoms with Gasteiger partial charge in [0.2, 0.25) is 0 Å². The van der Waals surface area contributed by atoms with E-state index in [9.17, 15) is 0 Å². The van der Waals surface area contributed by atoms with Crippen LogP contribution in [0.15, 0.2) is 18.2 Å². The van der Waals surface area contributed by atoms with Crippen molar-refractivity contribution in [3.63, 3.8) is 0 Å². The van der Waals surface area contributed by atoms with Crippen LogP contribution in [0.3, 0.4) is 0 Å². The molecule has 74 valence electrons. The van der Waals surface area contributed by atoms with E-state index in [0.717, 1.165) is 18.5 Å². The maximum atomic E-state index is 5.45. The van der Waals surface area contributed by atoms with E-state index >= 15 is 0 Å². The highest BCUT2D eigenvalue weighted by Crippen LogP contribution is 2.20. The maximum Gasteiger partial charge on any atom is 0.0548 e. The molecule has 13 heavy (non-hydrogen) atoms. The lowest BCUT2D eigenvalue weighted by atomic mass is 10.0. The lowest BCUT2D eigenvalue weighted by Crippen LogP contribution is -2.11. The number of aryl methyl sites for hydroxylation is 2. The van der Waals surface area contributed by atoms with E-state index in [0.29, 0.717) is 0 Å². The van der Waals surface area contributed by atoms with Gasteiger partial charge in [-0.25, -0.2) is 0 Å². The monoisotopic (exact) mass is 244 g/mol. The normalized spacial score (nSPS) is 9.15. The molecule has 0 radical (unpaired) electrons. The molecule has 0 aliphatic heterocycles. The van der Waals surface area contributed by atoms with E-state index in [4.69, 9.17) is 5.84 Å². The number of nitrogen functional groups attached to an aromatic ring is 1.